The van der Waals surface area contributed by atoms with Crippen LogP contribution in [0.3, 0.4) is 0 Å². The van der Waals surface area contributed by atoms with Crippen LogP contribution in [0.5, 0.6) is 0 Å². The van der Waals surface area contributed by atoms with Gasteiger partial charge < -0.3 is 15.7 Å². The number of carboxylic acid groups (broad SMARTS) is 1. The molecule has 88 valence electrons. The van der Waals surface area contributed by atoms with Crippen LogP contribution in [0.15, 0.2) is 17.4 Å². The van der Waals surface area contributed by atoms with E-state index in [0.29, 0.717) is 6.54 Å². The second-order valence-corrected chi connectivity index (χ2v) is 3.79. The Kier molecular flexibility index (Phi) is 3.25. The zero-order chi connectivity index (χ0) is 11.4. The molecule has 2 unspecified atom stereocenters. The molecular formula is C9H15N5O2. The minimum absolute atomic E-state index is 0.0702. The zero-order valence-electron chi connectivity index (χ0n) is 8.76. The van der Waals surface area contributed by atoms with Crippen molar-refractivity contribution in [3.63, 3.8) is 0 Å². The average molecular weight is 225 g/mol. The monoisotopic (exact) mass is 225 g/mol. The largest absolute Gasteiger partial charge is 0.465 e. The van der Waals surface area contributed by atoms with E-state index in [1.165, 1.54) is 0 Å². The molecule has 1 amide bonds. The summed E-state index contributed by atoms with van der Waals surface area (Å²) < 4.78 is 0. The number of amides is 1. The minimum Gasteiger partial charge on any atom is -0.465 e. The number of hydrazine groups is 1. The Balaban J connectivity index is 1.88. The molecule has 2 aliphatic rings. The fraction of sp³-hybridized carbons (Fsp3) is 0.556. The van der Waals surface area contributed by atoms with Gasteiger partial charge in [0, 0.05) is 25.3 Å². The Labute approximate surface area is 93.2 Å². The van der Waals surface area contributed by atoms with Gasteiger partial charge in [-0.1, -0.05) is 0 Å². The number of hydrogen-bond donors (Lipinski definition) is 4. The summed E-state index contributed by atoms with van der Waals surface area (Å²) in [5.41, 5.74) is 3.00. The standard InChI is InChI=1S/C9H15N5O2/c15-9(16)13-7-4-8(6-10-5-7)14-11-2-1-3-12-14/h1-3,7-8,10-11,13H,4-6H2,(H,15,16). The van der Waals surface area contributed by atoms with E-state index in [1.54, 1.807) is 23.6 Å². The van der Waals surface area contributed by atoms with E-state index in [4.69, 9.17) is 5.11 Å². The summed E-state index contributed by atoms with van der Waals surface area (Å²) in [6.45, 7) is 1.45. The van der Waals surface area contributed by atoms with Gasteiger partial charge in [-0.05, 0) is 12.5 Å². The highest BCUT2D eigenvalue weighted by atomic mass is 16.4. The van der Waals surface area contributed by atoms with Crippen LogP contribution in [0.1, 0.15) is 6.42 Å². The molecule has 7 nitrogen and oxygen atoms in total. The third-order valence-corrected chi connectivity index (χ3v) is 2.58. The topological polar surface area (TPSA) is 89.0 Å². The molecule has 16 heavy (non-hydrogen) atoms. The van der Waals surface area contributed by atoms with Gasteiger partial charge in [0.05, 0.1) is 12.3 Å². The van der Waals surface area contributed by atoms with Gasteiger partial charge in [0.15, 0.2) is 0 Å². The normalized spacial score (nSPS) is 28.6. The van der Waals surface area contributed by atoms with Gasteiger partial charge in [0.25, 0.3) is 0 Å². The highest BCUT2D eigenvalue weighted by Gasteiger charge is 2.27. The third kappa shape index (κ3) is 2.63. The third-order valence-electron chi connectivity index (χ3n) is 2.58. The maximum Gasteiger partial charge on any atom is 0.404 e. The van der Waals surface area contributed by atoms with Crippen molar-refractivity contribution in [1.29, 1.82) is 0 Å². The number of piperidine rings is 1. The van der Waals surface area contributed by atoms with E-state index >= 15 is 0 Å². The molecule has 2 aliphatic heterocycles. The first-order valence-corrected chi connectivity index (χ1v) is 5.20. The lowest BCUT2D eigenvalue weighted by Crippen LogP contribution is -2.56. The molecule has 4 N–H and O–H groups in total. The smallest absolute Gasteiger partial charge is 0.404 e. The highest BCUT2D eigenvalue weighted by Crippen LogP contribution is 2.10. The van der Waals surface area contributed by atoms with Crippen LogP contribution in [0.4, 0.5) is 4.79 Å². The van der Waals surface area contributed by atoms with Gasteiger partial charge in [0.1, 0.15) is 0 Å². The average Bonchev–Trinajstić information content (AvgIpc) is 2.30. The summed E-state index contributed by atoms with van der Waals surface area (Å²) >= 11 is 0. The first-order valence-electron chi connectivity index (χ1n) is 5.20. The van der Waals surface area contributed by atoms with Crippen molar-refractivity contribution < 1.29 is 9.90 Å². The van der Waals surface area contributed by atoms with E-state index in [0.717, 1.165) is 13.0 Å². The molecule has 1 saturated heterocycles. The molecule has 0 aromatic rings. The van der Waals surface area contributed by atoms with Gasteiger partial charge in [-0.3, -0.25) is 5.43 Å². The van der Waals surface area contributed by atoms with Crippen molar-refractivity contribution in [2.75, 3.05) is 13.1 Å². The lowest BCUT2D eigenvalue weighted by Gasteiger charge is -2.36. The van der Waals surface area contributed by atoms with E-state index in [2.05, 4.69) is 21.2 Å². The maximum atomic E-state index is 10.5. The molecule has 0 aliphatic carbocycles. The number of nitrogens with one attached hydrogen (secondary N) is 3. The predicted octanol–water partition coefficient (Wildman–Crippen LogP) is -0.696. The number of hydrogen-bond acceptors (Lipinski definition) is 5. The van der Waals surface area contributed by atoms with Crippen molar-refractivity contribution in [1.82, 2.24) is 21.2 Å². The molecule has 7 heteroatoms. The number of hydrazone groups is 1. The Morgan fingerprint density at radius 2 is 2.44 bits per heavy atom. The number of carbonyl (C=O) groups is 1. The Morgan fingerprint density at radius 1 is 1.56 bits per heavy atom. The van der Waals surface area contributed by atoms with Gasteiger partial charge in [-0.15, -0.1) is 0 Å². The fourth-order valence-electron chi connectivity index (χ4n) is 1.90. The summed E-state index contributed by atoms with van der Waals surface area (Å²) in [5, 5.41) is 20.2. The zero-order valence-corrected chi connectivity index (χ0v) is 8.76. The minimum atomic E-state index is -0.984. The van der Waals surface area contributed by atoms with Crippen molar-refractivity contribution in [2.45, 2.75) is 18.5 Å². The van der Waals surface area contributed by atoms with Crippen LogP contribution >= 0.6 is 0 Å². The van der Waals surface area contributed by atoms with Crippen LogP contribution in [-0.2, 0) is 0 Å². The fourth-order valence-corrected chi connectivity index (χ4v) is 1.90. The lowest BCUT2D eigenvalue weighted by molar-refractivity contribution is 0.115. The molecule has 2 rings (SSSR count). The molecule has 0 bridgehead atoms. The molecule has 2 heterocycles. The van der Waals surface area contributed by atoms with Gasteiger partial charge >= 0.3 is 6.09 Å². The van der Waals surface area contributed by atoms with Crippen LogP contribution in [0.25, 0.3) is 0 Å². The first-order chi connectivity index (χ1) is 7.75. The quantitative estimate of drug-likeness (QED) is 0.499. The van der Waals surface area contributed by atoms with Crippen molar-refractivity contribution in [3.8, 4) is 0 Å². The lowest BCUT2D eigenvalue weighted by atomic mass is 10.0. The highest BCUT2D eigenvalue weighted by molar-refractivity contribution is 5.71. The molecule has 0 aromatic heterocycles. The number of rotatable bonds is 2. The number of allylic oxidation sites excluding steroid dienone is 1. The Bertz CT molecular complexity index is 317. The SMILES string of the molecule is O=C(O)NC1CNCC(N2N=CC=CN2)C1. The molecule has 0 spiro atoms. The van der Waals surface area contributed by atoms with Crippen LogP contribution < -0.4 is 16.1 Å². The molecule has 0 aromatic carbocycles. The van der Waals surface area contributed by atoms with Gasteiger partial charge in [-0.2, -0.15) is 5.10 Å². The molecule has 1 fully saturated rings. The number of nitrogens with zero attached hydrogens (tertiary/aromatic N) is 2. The van der Waals surface area contributed by atoms with Crippen molar-refractivity contribution >= 4 is 12.3 Å². The van der Waals surface area contributed by atoms with Crippen LogP contribution in [-0.4, -0.2) is 47.7 Å². The van der Waals surface area contributed by atoms with Crippen molar-refractivity contribution in [3.05, 3.63) is 12.3 Å². The van der Waals surface area contributed by atoms with Gasteiger partial charge in [0.2, 0.25) is 0 Å². The van der Waals surface area contributed by atoms with E-state index in [1.807, 2.05) is 0 Å². The Morgan fingerprint density at radius 3 is 3.12 bits per heavy atom. The Hall–Kier alpha value is -1.76. The summed E-state index contributed by atoms with van der Waals surface area (Å²) in [7, 11) is 0. The molecule has 2 atom stereocenters. The predicted molar refractivity (Wildman–Crippen MR) is 58.8 cm³/mol. The van der Waals surface area contributed by atoms with Crippen molar-refractivity contribution in [2.24, 2.45) is 5.10 Å². The van der Waals surface area contributed by atoms with Gasteiger partial charge in [-0.25, -0.2) is 9.91 Å². The second kappa shape index (κ2) is 4.84. The summed E-state index contributed by atoms with van der Waals surface area (Å²) in [6, 6.07) is 0.0750. The first kappa shape index (κ1) is 10.7. The van der Waals surface area contributed by atoms with E-state index in [-0.39, 0.29) is 12.1 Å². The molecular weight excluding hydrogens is 210 g/mol. The van der Waals surface area contributed by atoms with E-state index < -0.39 is 6.09 Å². The molecule has 0 radical (unpaired) electrons. The molecule has 0 saturated carbocycles. The second-order valence-electron chi connectivity index (χ2n) is 3.79. The summed E-state index contributed by atoms with van der Waals surface area (Å²) in [4.78, 5) is 10.5. The maximum absolute atomic E-state index is 10.5. The summed E-state index contributed by atoms with van der Waals surface area (Å²) in [6.07, 6.45) is 5.05. The van der Waals surface area contributed by atoms with Crippen LogP contribution in [0.2, 0.25) is 0 Å². The van der Waals surface area contributed by atoms with Crippen LogP contribution in [0, 0.1) is 0 Å². The summed E-state index contributed by atoms with van der Waals surface area (Å²) in [5.74, 6) is 0. The van der Waals surface area contributed by atoms with E-state index in [9.17, 15) is 4.79 Å².